The maximum atomic E-state index is 5.56. The number of nitrogens with two attached hydrogens (primary N) is 3. The summed E-state index contributed by atoms with van der Waals surface area (Å²) in [5.41, 5.74) is 16.6. The van der Waals surface area contributed by atoms with E-state index in [1.807, 2.05) is 0 Å². The van der Waals surface area contributed by atoms with Crippen molar-refractivity contribution in [3.63, 3.8) is 0 Å². The van der Waals surface area contributed by atoms with E-state index < -0.39 is 0 Å². The quantitative estimate of drug-likeness (QED) is 0.342. The first-order valence-electron chi connectivity index (χ1n) is 6.81. The minimum absolute atomic E-state index is 0.533. The molecule has 0 fully saturated rings. The van der Waals surface area contributed by atoms with Crippen LogP contribution in [-0.4, -0.2) is 56.8 Å². The molecule has 5 nitrogen and oxygen atoms in total. The molecule has 5 heteroatoms. The highest BCUT2D eigenvalue weighted by Gasteiger charge is 2.11. The fraction of sp³-hybridized carbons (Fsp3) is 1.00. The maximum Gasteiger partial charge on any atom is 0.0192 e. The van der Waals surface area contributed by atoms with Crippen LogP contribution in [0, 0.1) is 0 Å². The van der Waals surface area contributed by atoms with E-state index in [1.54, 1.807) is 0 Å². The van der Waals surface area contributed by atoms with Crippen molar-refractivity contribution in [2.45, 2.75) is 32.2 Å². The summed E-state index contributed by atoms with van der Waals surface area (Å²) in [6, 6.07) is 0.533. The lowest BCUT2D eigenvalue weighted by Crippen LogP contribution is -2.42. The molecule has 0 heterocycles. The predicted molar refractivity (Wildman–Crippen MR) is 74.9 cm³/mol. The summed E-state index contributed by atoms with van der Waals surface area (Å²) in [6.45, 7) is 8.66. The fourth-order valence-electron chi connectivity index (χ4n) is 1.81. The molecular weight excluding hydrogens is 214 g/mol. The van der Waals surface area contributed by atoms with E-state index in [2.05, 4.69) is 17.1 Å². The first kappa shape index (κ1) is 16.8. The Balaban J connectivity index is 3.80. The summed E-state index contributed by atoms with van der Waals surface area (Å²) in [6.07, 6.45) is 3.15. The molecule has 0 aromatic rings. The highest BCUT2D eigenvalue weighted by molar-refractivity contribution is 4.70. The van der Waals surface area contributed by atoms with Crippen LogP contribution in [0.15, 0.2) is 0 Å². The molecule has 0 radical (unpaired) electrons. The van der Waals surface area contributed by atoms with Crippen molar-refractivity contribution < 1.29 is 0 Å². The van der Waals surface area contributed by atoms with Crippen molar-refractivity contribution in [1.82, 2.24) is 10.2 Å². The van der Waals surface area contributed by atoms with Gasteiger partial charge in [0.25, 0.3) is 0 Å². The van der Waals surface area contributed by atoms with Gasteiger partial charge in [0.1, 0.15) is 0 Å². The van der Waals surface area contributed by atoms with Crippen LogP contribution in [0.5, 0.6) is 0 Å². The largest absolute Gasteiger partial charge is 0.330 e. The lowest BCUT2D eigenvalue weighted by atomic mass is 10.2. The summed E-state index contributed by atoms with van der Waals surface area (Å²) >= 11 is 0. The summed E-state index contributed by atoms with van der Waals surface area (Å²) in [7, 11) is 0. The van der Waals surface area contributed by atoms with Crippen LogP contribution in [0.25, 0.3) is 0 Å². The predicted octanol–water partition coefficient (Wildman–Crippen LogP) is -0.687. The third kappa shape index (κ3) is 9.50. The molecule has 104 valence electrons. The van der Waals surface area contributed by atoms with E-state index in [0.717, 1.165) is 65.1 Å². The van der Waals surface area contributed by atoms with Crippen molar-refractivity contribution in [3.05, 3.63) is 0 Å². The summed E-state index contributed by atoms with van der Waals surface area (Å²) in [4.78, 5) is 2.47. The second-order valence-corrected chi connectivity index (χ2v) is 4.52. The highest BCUT2D eigenvalue weighted by atomic mass is 15.2. The third-order valence-electron chi connectivity index (χ3n) is 2.92. The van der Waals surface area contributed by atoms with Gasteiger partial charge in [-0.3, -0.25) is 4.90 Å². The van der Waals surface area contributed by atoms with Crippen LogP contribution < -0.4 is 22.5 Å². The molecule has 0 aromatic carbocycles. The Morgan fingerprint density at radius 1 is 0.941 bits per heavy atom. The van der Waals surface area contributed by atoms with Crippen LogP contribution >= 0.6 is 0 Å². The van der Waals surface area contributed by atoms with Gasteiger partial charge in [0.15, 0.2) is 0 Å². The Morgan fingerprint density at radius 3 is 1.94 bits per heavy atom. The van der Waals surface area contributed by atoms with Gasteiger partial charge in [0.2, 0.25) is 0 Å². The summed E-state index contributed by atoms with van der Waals surface area (Å²) < 4.78 is 0. The van der Waals surface area contributed by atoms with Crippen LogP contribution in [-0.2, 0) is 0 Å². The minimum Gasteiger partial charge on any atom is -0.330 e. The molecule has 0 aliphatic carbocycles. The maximum absolute atomic E-state index is 5.56. The van der Waals surface area contributed by atoms with E-state index in [0.29, 0.717) is 6.04 Å². The number of nitrogens with one attached hydrogen (secondary N) is 1. The zero-order chi connectivity index (χ0) is 12.9. The highest BCUT2D eigenvalue weighted by Crippen LogP contribution is 2.01. The Kier molecular flexibility index (Phi) is 12.1. The topological polar surface area (TPSA) is 93.3 Å². The second kappa shape index (κ2) is 12.3. The molecule has 0 aliphatic heterocycles. The SMILES string of the molecule is CC(CNCCCN)N(CCCN)CCCN. The van der Waals surface area contributed by atoms with Gasteiger partial charge >= 0.3 is 0 Å². The zero-order valence-electron chi connectivity index (χ0n) is 11.3. The Labute approximate surface area is 106 Å². The molecule has 1 unspecified atom stereocenters. The van der Waals surface area contributed by atoms with Crippen LogP contribution in [0.4, 0.5) is 0 Å². The van der Waals surface area contributed by atoms with E-state index in [4.69, 9.17) is 17.2 Å². The monoisotopic (exact) mass is 245 g/mol. The summed E-state index contributed by atoms with van der Waals surface area (Å²) in [5, 5.41) is 3.44. The Morgan fingerprint density at radius 2 is 1.47 bits per heavy atom. The van der Waals surface area contributed by atoms with Crippen molar-refractivity contribution in [1.29, 1.82) is 0 Å². The smallest absolute Gasteiger partial charge is 0.0192 e. The molecule has 17 heavy (non-hydrogen) atoms. The lowest BCUT2D eigenvalue weighted by Gasteiger charge is -2.29. The fourth-order valence-corrected chi connectivity index (χ4v) is 1.81. The normalized spacial score (nSPS) is 13.2. The molecule has 0 aliphatic rings. The number of nitrogens with zero attached hydrogens (tertiary/aromatic N) is 1. The van der Waals surface area contributed by atoms with Gasteiger partial charge in [-0.1, -0.05) is 0 Å². The zero-order valence-corrected chi connectivity index (χ0v) is 11.3. The second-order valence-electron chi connectivity index (χ2n) is 4.52. The lowest BCUT2D eigenvalue weighted by molar-refractivity contribution is 0.202. The van der Waals surface area contributed by atoms with E-state index in [9.17, 15) is 0 Å². The molecule has 1 atom stereocenters. The molecule has 0 saturated carbocycles. The molecule has 0 amide bonds. The average molecular weight is 245 g/mol. The van der Waals surface area contributed by atoms with Gasteiger partial charge in [-0.15, -0.1) is 0 Å². The Hall–Kier alpha value is -0.200. The number of hydrogen-bond donors (Lipinski definition) is 4. The molecule has 0 bridgehead atoms. The van der Waals surface area contributed by atoms with E-state index >= 15 is 0 Å². The number of hydrogen-bond acceptors (Lipinski definition) is 5. The van der Waals surface area contributed by atoms with Crippen molar-refractivity contribution >= 4 is 0 Å². The average Bonchev–Trinajstić information content (AvgIpc) is 2.34. The van der Waals surface area contributed by atoms with E-state index in [-0.39, 0.29) is 0 Å². The Bertz CT molecular complexity index is 146. The van der Waals surface area contributed by atoms with E-state index in [1.165, 1.54) is 0 Å². The third-order valence-corrected chi connectivity index (χ3v) is 2.92. The van der Waals surface area contributed by atoms with Gasteiger partial charge in [0, 0.05) is 12.6 Å². The van der Waals surface area contributed by atoms with Crippen molar-refractivity contribution in [3.8, 4) is 0 Å². The molecular formula is C12H31N5. The van der Waals surface area contributed by atoms with Crippen LogP contribution in [0.3, 0.4) is 0 Å². The van der Waals surface area contributed by atoms with Crippen LogP contribution in [0.2, 0.25) is 0 Å². The minimum atomic E-state index is 0.533. The van der Waals surface area contributed by atoms with Gasteiger partial charge in [-0.2, -0.15) is 0 Å². The number of rotatable bonds is 12. The molecule has 0 spiro atoms. The van der Waals surface area contributed by atoms with Gasteiger partial charge < -0.3 is 22.5 Å². The van der Waals surface area contributed by atoms with Crippen molar-refractivity contribution in [2.75, 3.05) is 45.8 Å². The molecule has 7 N–H and O–H groups in total. The van der Waals surface area contributed by atoms with Gasteiger partial charge in [-0.05, 0) is 65.5 Å². The molecule has 0 rings (SSSR count). The van der Waals surface area contributed by atoms with Crippen LogP contribution in [0.1, 0.15) is 26.2 Å². The van der Waals surface area contributed by atoms with Gasteiger partial charge in [-0.25, -0.2) is 0 Å². The van der Waals surface area contributed by atoms with Gasteiger partial charge in [0.05, 0.1) is 0 Å². The molecule has 0 saturated heterocycles. The first-order valence-corrected chi connectivity index (χ1v) is 6.81. The van der Waals surface area contributed by atoms with Crippen molar-refractivity contribution in [2.24, 2.45) is 17.2 Å². The summed E-state index contributed by atoms with van der Waals surface area (Å²) in [5.74, 6) is 0. The first-order chi connectivity index (χ1) is 8.26. The standard InChI is InChI=1S/C12H31N5/c1-12(11-16-8-2-5-13)17(9-3-6-14)10-4-7-15/h12,16H,2-11,13-15H2,1H3. The molecule has 0 aromatic heterocycles.